The van der Waals surface area contributed by atoms with E-state index in [1.165, 1.54) is 17.7 Å². The van der Waals surface area contributed by atoms with E-state index < -0.39 is 23.4 Å². The molecule has 4 aromatic rings. The van der Waals surface area contributed by atoms with Gasteiger partial charge in [0.15, 0.2) is 6.61 Å². The van der Waals surface area contributed by atoms with Crippen LogP contribution in [0.2, 0.25) is 0 Å². The van der Waals surface area contributed by atoms with E-state index in [1.54, 1.807) is 29.5 Å². The number of piperidine rings is 1. The van der Waals surface area contributed by atoms with Gasteiger partial charge in [0.2, 0.25) is 0 Å². The Morgan fingerprint density at radius 1 is 1.10 bits per heavy atom. The van der Waals surface area contributed by atoms with Crippen LogP contribution in [0.4, 0.5) is 17.1 Å². The van der Waals surface area contributed by atoms with Crippen LogP contribution >= 0.6 is 11.3 Å². The minimum absolute atomic E-state index is 0.0269. The Morgan fingerprint density at radius 2 is 1.85 bits per heavy atom. The first-order valence-electron chi connectivity index (χ1n) is 12.7. The molecule has 1 N–H and O–H groups in total. The van der Waals surface area contributed by atoms with Crippen molar-refractivity contribution in [1.82, 2.24) is 4.98 Å². The Morgan fingerprint density at radius 3 is 2.56 bits per heavy atom. The lowest BCUT2D eigenvalue weighted by atomic mass is 9.98. The maximum absolute atomic E-state index is 12.6. The molecule has 1 aliphatic heterocycles. The molecule has 0 radical (unpaired) electrons. The molecule has 1 aromatic heterocycles. The smallest absolute Gasteiger partial charge is 0.338 e. The summed E-state index contributed by atoms with van der Waals surface area (Å²) in [6, 6.07) is 17.7. The number of aryl methyl sites for hydroxylation is 1. The van der Waals surface area contributed by atoms with Gasteiger partial charge in [-0.3, -0.25) is 14.9 Å². The quantitative estimate of drug-likeness (QED) is 0.167. The number of nitro benzene ring substituents is 1. The molecule has 0 saturated carbocycles. The van der Waals surface area contributed by atoms with Gasteiger partial charge in [-0.25, -0.2) is 9.78 Å². The number of nitro groups is 1. The molecule has 0 bridgehead atoms. The lowest BCUT2D eigenvalue weighted by molar-refractivity contribution is -0.384. The molecule has 39 heavy (non-hydrogen) atoms. The van der Waals surface area contributed by atoms with Gasteiger partial charge in [0, 0.05) is 30.4 Å². The third-order valence-corrected chi connectivity index (χ3v) is 7.89. The monoisotopic (exact) mass is 544 g/mol. The number of hydrogen-bond donors (Lipinski definition) is 1. The SMILES string of the molecule is Cc1ccc2nc(-c3ccc(NC(=O)COC(=O)c4ccc(N5CCC(C)CC5)c([N+](=O)[O-])c4)cc3)sc2c1. The van der Waals surface area contributed by atoms with Crippen LogP contribution in [0, 0.1) is 23.0 Å². The minimum Gasteiger partial charge on any atom is -0.452 e. The van der Waals surface area contributed by atoms with Gasteiger partial charge in [-0.1, -0.05) is 13.0 Å². The minimum atomic E-state index is -0.798. The van der Waals surface area contributed by atoms with Gasteiger partial charge in [-0.15, -0.1) is 11.3 Å². The zero-order chi connectivity index (χ0) is 27.5. The van der Waals surface area contributed by atoms with Crippen molar-refractivity contribution < 1.29 is 19.2 Å². The Hall–Kier alpha value is -4.31. The Balaban J connectivity index is 1.18. The average molecular weight is 545 g/mol. The van der Waals surface area contributed by atoms with Gasteiger partial charge in [0.25, 0.3) is 11.6 Å². The number of nitrogens with one attached hydrogen (secondary N) is 1. The van der Waals surface area contributed by atoms with Crippen molar-refractivity contribution in [3.05, 3.63) is 81.9 Å². The molecule has 2 heterocycles. The van der Waals surface area contributed by atoms with Gasteiger partial charge in [-0.05, 0) is 79.8 Å². The zero-order valence-corrected chi connectivity index (χ0v) is 22.5. The average Bonchev–Trinajstić information content (AvgIpc) is 3.35. The molecule has 0 atom stereocenters. The Labute approximate surface area is 229 Å². The molecule has 10 heteroatoms. The summed E-state index contributed by atoms with van der Waals surface area (Å²) >= 11 is 1.60. The van der Waals surface area contributed by atoms with Gasteiger partial charge < -0.3 is 15.0 Å². The molecule has 1 saturated heterocycles. The highest BCUT2D eigenvalue weighted by Gasteiger charge is 2.25. The maximum atomic E-state index is 12.6. The number of hydrogen-bond acceptors (Lipinski definition) is 8. The summed E-state index contributed by atoms with van der Waals surface area (Å²) in [5.41, 5.74) is 3.98. The van der Waals surface area contributed by atoms with E-state index in [-0.39, 0.29) is 11.3 Å². The number of thiazole rings is 1. The van der Waals surface area contributed by atoms with Crippen molar-refractivity contribution >= 4 is 50.5 Å². The van der Waals surface area contributed by atoms with Gasteiger partial charge >= 0.3 is 5.97 Å². The molecule has 0 unspecified atom stereocenters. The van der Waals surface area contributed by atoms with Crippen molar-refractivity contribution in [3.8, 4) is 10.6 Å². The second kappa shape index (κ2) is 11.2. The number of amides is 1. The number of nitrogens with zero attached hydrogens (tertiary/aromatic N) is 3. The fourth-order valence-corrected chi connectivity index (χ4v) is 5.65. The van der Waals surface area contributed by atoms with E-state index in [1.807, 2.05) is 36.1 Å². The summed E-state index contributed by atoms with van der Waals surface area (Å²) < 4.78 is 6.25. The first-order valence-corrected chi connectivity index (χ1v) is 13.6. The molecular formula is C29H28N4O5S. The fraction of sp³-hybridized carbons (Fsp3) is 0.276. The van der Waals surface area contributed by atoms with Crippen LogP contribution in [-0.2, 0) is 9.53 Å². The van der Waals surface area contributed by atoms with Crippen molar-refractivity contribution in [2.45, 2.75) is 26.7 Å². The lowest BCUT2D eigenvalue weighted by Gasteiger charge is -2.31. The summed E-state index contributed by atoms with van der Waals surface area (Å²) in [4.78, 5) is 42.8. The van der Waals surface area contributed by atoms with Crippen LogP contribution in [0.25, 0.3) is 20.8 Å². The molecule has 9 nitrogen and oxygen atoms in total. The van der Waals surface area contributed by atoms with E-state index in [4.69, 9.17) is 4.74 Å². The molecule has 200 valence electrons. The molecular weight excluding hydrogens is 516 g/mol. The number of carbonyl (C=O) groups excluding carboxylic acids is 2. The van der Waals surface area contributed by atoms with E-state index in [9.17, 15) is 19.7 Å². The Bertz CT molecular complexity index is 1540. The fourth-order valence-electron chi connectivity index (χ4n) is 4.58. The van der Waals surface area contributed by atoms with Crippen LogP contribution in [0.5, 0.6) is 0 Å². The standard InChI is InChI=1S/C29H28N4O5S/c1-18-11-13-32(14-12-18)24-10-6-21(16-25(24)33(36)37)29(35)38-17-27(34)30-22-7-4-20(5-8-22)28-31-23-9-3-19(2)15-26(23)39-28/h3-10,15-16,18H,11-14,17H2,1-2H3,(H,30,34). The van der Waals surface area contributed by atoms with Gasteiger partial charge in [-0.2, -0.15) is 0 Å². The van der Waals surface area contributed by atoms with Crippen LogP contribution < -0.4 is 10.2 Å². The van der Waals surface area contributed by atoms with Crippen molar-refractivity contribution in [3.63, 3.8) is 0 Å². The highest BCUT2D eigenvalue weighted by Crippen LogP contribution is 2.33. The van der Waals surface area contributed by atoms with Crippen LogP contribution in [0.3, 0.4) is 0 Å². The van der Waals surface area contributed by atoms with E-state index >= 15 is 0 Å². The highest BCUT2D eigenvalue weighted by atomic mass is 32.1. The van der Waals surface area contributed by atoms with Crippen molar-refractivity contribution in [2.24, 2.45) is 5.92 Å². The summed E-state index contributed by atoms with van der Waals surface area (Å²) in [6.45, 7) is 5.16. The molecule has 1 fully saturated rings. The topological polar surface area (TPSA) is 115 Å². The second-order valence-electron chi connectivity index (χ2n) is 9.82. The molecule has 5 rings (SSSR count). The lowest BCUT2D eigenvalue weighted by Crippen LogP contribution is -2.33. The largest absolute Gasteiger partial charge is 0.452 e. The highest BCUT2D eigenvalue weighted by molar-refractivity contribution is 7.21. The predicted molar refractivity (Wildman–Crippen MR) is 152 cm³/mol. The molecule has 3 aromatic carbocycles. The third-order valence-electron chi connectivity index (χ3n) is 6.83. The van der Waals surface area contributed by atoms with Crippen molar-refractivity contribution in [1.29, 1.82) is 0 Å². The molecule has 1 amide bonds. The normalized spacial score (nSPS) is 13.8. The van der Waals surface area contributed by atoms with Crippen LogP contribution in [0.1, 0.15) is 35.7 Å². The third kappa shape index (κ3) is 6.06. The first-order chi connectivity index (χ1) is 18.8. The summed E-state index contributed by atoms with van der Waals surface area (Å²) in [7, 11) is 0. The van der Waals surface area contributed by atoms with E-state index in [0.717, 1.165) is 46.7 Å². The van der Waals surface area contributed by atoms with Gasteiger partial charge in [0.05, 0.1) is 20.7 Å². The summed E-state index contributed by atoms with van der Waals surface area (Å²) in [6.07, 6.45) is 1.92. The number of ether oxygens (including phenoxy) is 1. The van der Waals surface area contributed by atoms with Gasteiger partial charge in [0.1, 0.15) is 10.7 Å². The summed E-state index contributed by atoms with van der Waals surface area (Å²) in [5.74, 6) is -0.727. The summed E-state index contributed by atoms with van der Waals surface area (Å²) in [5, 5.41) is 15.3. The Kier molecular flexibility index (Phi) is 7.56. The van der Waals surface area contributed by atoms with Crippen molar-refractivity contribution in [2.75, 3.05) is 29.9 Å². The van der Waals surface area contributed by atoms with Crippen LogP contribution in [-0.4, -0.2) is 41.5 Å². The number of esters is 1. The number of anilines is 2. The molecule has 1 aliphatic rings. The number of carbonyl (C=O) groups is 2. The maximum Gasteiger partial charge on any atom is 0.338 e. The van der Waals surface area contributed by atoms with E-state index in [2.05, 4.69) is 23.3 Å². The number of benzene rings is 3. The van der Waals surface area contributed by atoms with Crippen LogP contribution in [0.15, 0.2) is 60.7 Å². The number of aromatic nitrogens is 1. The zero-order valence-electron chi connectivity index (χ0n) is 21.7. The predicted octanol–water partition coefficient (Wildman–Crippen LogP) is 6.21. The second-order valence-corrected chi connectivity index (χ2v) is 10.9. The number of fused-ring (bicyclic) bond motifs is 1. The molecule has 0 spiro atoms. The number of rotatable bonds is 7. The van der Waals surface area contributed by atoms with E-state index in [0.29, 0.717) is 17.3 Å². The first kappa shape index (κ1) is 26.3. The molecule has 0 aliphatic carbocycles.